The van der Waals surface area contributed by atoms with Crippen molar-refractivity contribution in [2.24, 2.45) is 17.8 Å². The van der Waals surface area contributed by atoms with Gasteiger partial charge in [0.15, 0.2) is 0 Å². The Hall–Kier alpha value is -3.32. The summed E-state index contributed by atoms with van der Waals surface area (Å²) < 4.78 is 34.1. The summed E-state index contributed by atoms with van der Waals surface area (Å²) in [5, 5.41) is 14.9. The molecule has 5 fully saturated rings. The number of piperidine rings is 1. The Kier molecular flexibility index (Phi) is 8.53. The first kappa shape index (κ1) is 31.0. The van der Waals surface area contributed by atoms with Crippen molar-refractivity contribution in [3.8, 4) is 22.8 Å². The number of alkyl halides is 1. The van der Waals surface area contributed by atoms with E-state index in [-0.39, 0.29) is 19.4 Å². The maximum atomic E-state index is 14.8. The Bertz CT molecular complexity index is 1680. The minimum atomic E-state index is -1.12. The van der Waals surface area contributed by atoms with Crippen LogP contribution in [0.4, 0.5) is 10.2 Å². The van der Waals surface area contributed by atoms with Gasteiger partial charge in [-0.1, -0.05) is 6.07 Å². The number of ether oxygens (including phenoxy) is 3. The molecule has 6 unspecified atom stereocenters. The van der Waals surface area contributed by atoms with E-state index in [0.29, 0.717) is 47.9 Å². The molecular formula is C35H40BrFN6O4. The second-order valence-corrected chi connectivity index (χ2v) is 14.4. The molecule has 2 bridgehead atoms. The number of rotatable bonds is 13. The number of aliphatic hydroxyl groups excluding tert-OH is 1. The highest BCUT2D eigenvalue weighted by Gasteiger charge is 2.54. The highest BCUT2D eigenvalue weighted by Crippen LogP contribution is 2.53. The van der Waals surface area contributed by atoms with Crippen LogP contribution in [0, 0.1) is 17.8 Å². The molecule has 10 nitrogen and oxygen atoms in total. The molecule has 4 saturated heterocycles. The van der Waals surface area contributed by atoms with Crippen LogP contribution in [0.2, 0.25) is 0 Å². The molecule has 4 aromatic heterocycles. The molecule has 12 heteroatoms. The number of anilines is 1. The summed E-state index contributed by atoms with van der Waals surface area (Å²) >= 11 is 3.65. The van der Waals surface area contributed by atoms with Crippen molar-refractivity contribution >= 4 is 27.3 Å². The molecule has 4 aliphatic heterocycles. The summed E-state index contributed by atoms with van der Waals surface area (Å²) in [6, 6.07) is 11.2. The van der Waals surface area contributed by atoms with Gasteiger partial charge in [0, 0.05) is 74.1 Å². The van der Waals surface area contributed by atoms with Crippen LogP contribution in [0.5, 0.6) is 11.6 Å². The lowest BCUT2D eigenvalue weighted by Crippen LogP contribution is -2.68. The van der Waals surface area contributed by atoms with E-state index < -0.39 is 12.3 Å². The Balaban J connectivity index is 0.882. The number of aromatic nitrogens is 4. The summed E-state index contributed by atoms with van der Waals surface area (Å²) in [4.78, 5) is 14.2. The number of methoxy groups -OCH3 is 1. The van der Waals surface area contributed by atoms with Crippen LogP contribution >= 0.6 is 15.9 Å². The van der Waals surface area contributed by atoms with Crippen LogP contribution in [0.15, 0.2) is 59.6 Å². The van der Waals surface area contributed by atoms with Gasteiger partial charge in [-0.3, -0.25) is 4.90 Å². The summed E-state index contributed by atoms with van der Waals surface area (Å²) in [6.07, 6.45) is 7.89. The summed E-state index contributed by atoms with van der Waals surface area (Å²) in [6.45, 7) is 4.57. The predicted octanol–water partition coefficient (Wildman–Crippen LogP) is 5.17. The van der Waals surface area contributed by atoms with Crippen molar-refractivity contribution in [2.75, 3.05) is 44.9 Å². The minimum Gasteiger partial charge on any atom is -0.492 e. The molecule has 1 N–H and O–H groups in total. The topological polar surface area (TPSA) is 97.5 Å². The Labute approximate surface area is 282 Å². The van der Waals surface area contributed by atoms with Gasteiger partial charge in [-0.2, -0.15) is 5.10 Å². The van der Waals surface area contributed by atoms with Crippen molar-refractivity contribution < 1.29 is 23.7 Å². The second-order valence-electron chi connectivity index (χ2n) is 13.5. The standard InChI is InChI=1S/C35H40BrFN6O4/c1-45-34-5-2-21(12-39-34)15-42-24-9-25(42)17-41(16-24)33-4-3-22(13-38-33)28-11-27(18-43-35(28)32(36)14-40-43)47-7-6-23(37)8-26(44)10-29-30-19-46-20-31(29)30/h2-5,11-14,18,23-26,29-31,44H,6-10,15-17,19-20H2,1H3. The van der Waals surface area contributed by atoms with E-state index in [9.17, 15) is 9.50 Å². The molecule has 1 saturated carbocycles. The second kappa shape index (κ2) is 12.9. The van der Waals surface area contributed by atoms with E-state index in [1.54, 1.807) is 17.8 Å². The van der Waals surface area contributed by atoms with Gasteiger partial charge in [0.05, 0.1) is 55.4 Å². The zero-order valence-corrected chi connectivity index (χ0v) is 28.0. The van der Waals surface area contributed by atoms with E-state index >= 15 is 0 Å². The third kappa shape index (κ3) is 6.32. The number of fused-ring (bicyclic) bond motifs is 4. The van der Waals surface area contributed by atoms with Crippen LogP contribution < -0.4 is 14.4 Å². The largest absolute Gasteiger partial charge is 0.492 e. The summed E-state index contributed by atoms with van der Waals surface area (Å²) in [5.74, 6) is 3.85. The number of aliphatic hydroxyl groups is 1. The Morgan fingerprint density at radius 2 is 1.91 bits per heavy atom. The fraction of sp³-hybridized carbons (Fsp3) is 0.514. The lowest BCUT2D eigenvalue weighted by Gasteiger charge is -2.56. The van der Waals surface area contributed by atoms with E-state index in [1.807, 2.05) is 30.7 Å². The minimum absolute atomic E-state index is 0.144. The molecule has 1 aliphatic carbocycles. The van der Waals surface area contributed by atoms with Crippen molar-refractivity contribution in [1.82, 2.24) is 24.5 Å². The molecule has 47 heavy (non-hydrogen) atoms. The number of halogens is 2. The van der Waals surface area contributed by atoms with E-state index in [4.69, 9.17) is 19.2 Å². The van der Waals surface area contributed by atoms with Crippen molar-refractivity contribution in [3.63, 3.8) is 0 Å². The zero-order valence-electron chi connectivity index (χ0n) is 26.4. The number of piperazine rings is 1. The maximum absolute atomic E-state index is 14.8. The van der Waals surface area contributed by atoms with Crippen molar-refractivity contribution in [1.29, 1.82) is 0 Å². The fourth-order valence-electron chi connectivity index (χ4n) is 7.90. The molecule has 6 atom stereocenters. The highest BCUT2D eigenvalue weighted by atomic mass is 79.9. The van der Waals surface area contributed by atoms with Gasteiger partial charge >= 0.3 is 0 Å². The smallest absolute Gasteiger partial charge is 0.212 e. The number of hydrogen-bond acceptors (Lipinski definition) is 9. The van der Waals surface area contributed by atoms with Gasteiger partial charge in [0.1, 0.15) is 17.7 Å². The monoisotopic (exact) mass is 706 g/mol. The summed E-state index contributed by atoms with van der Waals surface area (Å²) in [7, 11) is 1.64. The van der Waals surface area contributed by atoms with Gasteiger partial charge in [-0.25, -0.2) is 18.9 Å². The lowest BCUT2D eigenvalue weighted by molar-refractivity contribution is -0.00876. The summed E-state index contributed by atoms with van der Waals surface area (Å²) in [5.41, 5.74) is 3.99. The maximum Gasteiger partial charge on any atom is 0.212 e. The van der Waals surface area contributed by atoms with E-state index in [2.05, 4.69) is 54.0 Å². The van der Waals surface area contributed by atoms with Crippen LogP contribution in [0.3, 0.4) is 0 Å². The van der Waals surface area contributed by atoms with Crippen LogP contribution in [-0.4, -0.2) is 94.0 Å². The predicted molar refractivity (Wildman–Crippen MR) is 178 cm³/mol. The number of nitrogens with zero attached hydrogens (tertiary/aromatic N) is 6. The van der Waals surface area contributed by atoms with Gasteiger partial charge in [-0.15, -0.1) is 0 Å². The molecule has 248 valence electrons. The molecule has 0 aromatic carbocycles. The third-order valence-electron chi connectivity index (χ3n) is 10.5. The number of hydrogen-bond donors (Lipinski definition) is 1. The number of pyridine rings is 3. The van der Waals surface area contributed by atoms with Crippen LogP contribution in [-0.2, 0) is 11.3 Å². The molecule has 0 spiro atoms. The third-order valence-corrected chi connectivity index (χ3v) is 11.1. The first-order valence-corrected chi connectivity index (χ1v) is 17.4. The van der Waals surface area contributed by atoms with Gasteiger partial charge in [0.2, 0.25) is 5.88 Å². The highest BCUT2D eigenvalue weighted by molar-refractivity contribution is 9.10. The molecular weight excluding hydrogens is 667 g/mol. The average molecular weight is 708 g/mol. The normalized spacial score (nSPS) is 26.1. The molecule has 5 aliphatic rings. The van der Waals surface area contributed by atoms with Crippen molar-refractivity contribution in [2.45, 2.75) is 56.6 Å². The van der Waals surface area contributed by atoms with Gasteiger partial charge in [0.25, 0.3) is 0 Å². The quantitative estimate of drug-likeness (QED) is 0.202. The lowest BCUT2D eigenvalue weighted by atomic mass is 9.87. The van der Waals surface area contributed by atoms with Crippen LogP contribution in [0.1, 0.15) is 31.2 Å². The van der Waals surface area contributed by atoms with Gasteiger partial charge < -0.3 is 24.2 Å². The Morgan fingerprint density at radius 1 is 1.09 bits per heavy atom. The first-order chi connectivity index (χ1) is 22.9. The first-order valence-electron chi connectivity index (χ1n) is 16.6. The zero-order chi connectivity index (χ0) is 32.1. The van der Waals surface area contributed by atoms with Crippen LogP contribution in [0.25, 0.3) is 16.6 Å². The van der Waals surface area contributed by atoms with Crippen molar-refractivity contribution in [3.05, 3.63) is 65.2 Å². The van der Waals surface area contributed by atoms with Gasteiger partial charge in [-0.05, 0) is 70.3 Å². The molecule has 9 rings (SSSR count). The molecule has 0 radical (unpaired) electrons. The van der Waals surface area contributed by atoms with E-state index in [1.165, 1.54) is 12.0 Å². The molecule has 4 aromatic rings. The molecule has 8 heterocycles. The Morgan fingerprint density at radius 3 is 2.64 bits per heavy atom. The fourth-order valence-corrected chi connectivity index (χ4v) is 8.38. The average Bonchev–Trinajstić information content (AvgIpc) is 3.37. The molecule has 0 amide bonds. The van der Waals surface area contributed by atoms with E-state index in [0.717, 1.165) is 59.8 Å². The SMILES string of the molecule is COc1ccc(CN2C3CC2CN(c2ccc(-c4cc(OCCC(F)CC(O)CC5C6COCC65)cn5ncc(Br)c45)cn2)C3)cn1.